The van der Waals surface area contributed by atoms with Crippen LogP contribution >= 0.6 is 0 Å². The molecule has 0 spiro atoms. The Balaban J connectivity index is 0.00000130. The second-order valence-corrected chi connectivity index (χ2v) is 12.0. The number of halogens is 2. The van der Waals surface area contributed by atoms with Gasteiger partial charge in [-0.05, 0) is 0 Å². The van der Waals surface area contributed by atoms with Crippen molar-refractivity contribution in [3.05, 3.63) is 107 Å². The van der Waals surface area contributed by atoms with E-state index in [2.05, 4.69) is 74.5 Å². The van der Waals surface area contributed by atoms with E-state index in [-0.39, 0.29) is 24.8 Å². The van der Waals surface area contributed by atoms with Crippen LogP contribution in [-0.2, 0) is 23.2 Å². The van der Waals surface area contributed by atoms with E-state index in [0.717, 1.165) is 11.5 Å². The molecule has 164 valence electrons. The third-order valence-corrected chi connectivity index (χ3v) is 11.9. The van der Waals surface area contributed by atoms with Crippen LogP contribution < -0.4 is 24.8 Å². The minimum Gasteiger partial charge on any atom is -1.00 e. The van der Waals surface area contributed by atoms with Crippen molar-refractivity contribution in [3.63, 3.8) is 0 Å². The monoisotopic (exact) mass is 550 g/mol. The first-order valence-corrected chi connectivity index (χ1v) is 13.5. The van der Waals surface area contributed by atoms with Gasteiger partial charge in [-0.3, -0.25) is 0 Å². The van der Waals surface area contributed by atoms with Crippen LogP contribution in [-0.4, -0.2) is 0 Å². The summed E-state index contributed by atoms with van der Waals surface area (Å²) in [4.78, 5) is 0. The third kappa shape index (κ3) is 4.05. The summed E-state index contributed by atoms with van der Waals surface area (Å²) in [6, 6.07) is 21.4. The van der Waals surface area contributed by atoms with Gasteiger partial charge < -0.3 is 24.8 Å². The van der Waals surface area contributed by atoms with E-state index in [4.69, 9.17) is 8.83 Å². The Kier molecular flexibility index (Phi) is 7.05. The van der Waals surface area contributed by atoms with Crippen LogP contribution in [0.3, 0.4) is 0 Å². The zero-order valence-corrected chi connectivity index (χ0v) is 22.3. The van der Waals surface area contributed by atoms with Crippen molar-refractivity contribution in [2.75, 3.05) is 0 Å². The maximum Gasteiger partial charge on any atom is -1.00 e. The molecule has 0 aliphatic heterocycles. The first kappa shape index (κ1) is 24.1. The van der Waals surface area contributed by atoms with Crippen molar-refractivity contribution in [2.24, 2.45) is 0 Å². The fourth-order valence-corrected chi connectivity index (χ4v) is 9.65. The molecule has 0 saturated heterocycles. The van der Waals surface area contributed by atoms with Gasteiger partial charge >= 0.3 is 195 Å². The molecule has 2 aromatic carbocycles. The summed E-state index contributed by atoms with van der Waals surface area (Å²) >= 11 is -0.867. The molecule has 33 heavy (non-hydrogen) atoms. The Morgan fingerprint density at radius 3 is 1.45 bits per heavy atom. The molecule has 2 atom stereocenters. The molecule has 2 aromatic heterocycles. The molecule has 2 unspecified atom stereocenters. The second-order valence-electron chi connectivity index (χ2n) is 8.38. The molecule has 2 heterocycles. The maximum absolute atomic E-state index is 5.73. The van der Waals surface area contributed by atoms with E-state index in [1.807, 2.05) is 12.1 Å². The Morgan fingerprint density at radius 1 is 0.606 bits per heavy atom. The summed E-state index contributed by atoms with van der Waals surface area (Å²) in [6.45, 7) is 4.62. The largest absolute Gasteiger partial charge is 1.00 e. The van der Waals surface area contributed by atoms with Crippen LogP contribution in [0.4, 0.5) is 0 Å². The van der Waals surface area contributed by atoms with E-state index in [1.54, 1.807) is 12.5 Å². The second kappa shape index (κ2) is 9.67. The van der Waals surface area contributed by atoms with Crippen molar-refractivity contribution in [1.29, 1.82) is 0 Å². The van der Waals surface area contributed by atoms with Gasteiger partial charge in [-0.1, -0.05) is 0 Å². The topological polar surface area (TPSA) is 26.3 Å². The predicted molar refractivity (Wildman–Crippen MR) is 121 cm³/mol. The van der Waals surface area contributed by atoms with Crippen molar-refractivity contribution in [2.45, 2.75) is 21.1 Å². The van der Waals surface area contributed by atoms with Crippen LogP contribution in [0.1, 0.15) is 43.4 Å². The summed E-state index contributed by atoms with van der Waals surface area (Å²) in [6.07, 6.45) is 8.31. The average molecular weight is 553 g/mol. The van der Waals surface area contributed by atoms with E-state index < -0.39 is 23.2 Å². The van der Waals surface area contributed by atoms with Crippen molar-refractivity contribution < 1.29 is 56.9 Å². The van der Waals surface area contributed by atoms with Gasteiger partial charge in [-0.25, -0.2) is 0 Å². The molecule has 6 rings (SSSR count). The van der Waals surface area contributed by atoms with Crippen LogP contribution in [0.5, 0.6) is 0 Å². The Morgan fingerprint density at radius 2 is 1.06 bits per heavy atom. The van der Waals surface area contributed by atoms with Crippen molar-refractivity contribution in [1.82, 2.24) is 0 Å². The Bertz CT molecular complexity index is 1230. The van der Waals surface area contributed by atoms with Crippen molar-refractivity contribution in [3.8, 4) is 22.6 Å². The number of furan rings is 2. The van der Waals surface area contributed by atoms with Gasteiger partial charge in [0.1, 0.15) is 0 Å². The Labute approximate surface area is 218 Å². The number of benzene rings is 2. The minimum atomic E-state index is -0.867. The molecule has 2 nitrogen and oxygen atoms in total. The summed E-state index contributed by atoms with van der Waals surface area (Å²) in [5.41, 5.74) is 11.1. The molecule has 0 amide bonds. The van der Waals surface area contributed by atoms with E-state index in [0.29, 0.717) is 7.25 Å². The summed E-state index contributed by atoms with van der Waals surface area (Å²) in [5, 5.41) is 0. The first-order valence-electron chi connectivity index (χ1n) is 10.7. The quantitative estimate of drug-likeness (QED) is 0.387. The zero-order valence-electron chi connectivity index (χ0n) is 18.3. The van der Waals surface area contributed by atoms with Gasteiger partial charge in [0.15, 0.2) is 0 Å². The van der Waals surface area contributed by atoms with Gasteiger partial charge in [-0.15, -0.1) is 0 Å². The smallest absolute Gasteiger partial charge is 1.00 e. The third-order valence-electron chi connectivity index (χ3n) is 6.46. The molecule has 0 N–H and O–H groups in total. The number of allylic oxidation sites excluding steroid dienone is 2. The van der Waals surface area contributed by atoms with Gasteiger partial charge in [-0.2, -0.15) is 0 Å². The van der Waals surface area contributed by atoms with Crippen LogP contribution in [0, 0.1) is 0 Å². The number of hydrogen-bond donors (Lipinski definition) is 0. The van der Waals surface area contributed by atoms with Crippen LogP contribution in [0.25, 0.3) is 34.8 Å². The predicted octanol–water partition coefficient (Wildman–Crippen LogP) is 1.91. The summed E-state index contributed by atoms with van der Waals surface area (Å²) < 4.78 is 12.6. The normalized spacial score (nSPS) is 17.8. The number of hydrogen-bond acceptors (Lipinski definition) is 2. The van der Waals surface area contributed by atoms with E-state index >= 15 is 0 Å². The van der Waals surface area contributed by atoms with Gasteiger partial charge in [0.2, 0.25) is 0 Å². The van der Waals surface area contributed by atoms with Crippen LogP contribution in [0.15, 0.2) is 93.2 Å². The number of rotatable bonds is 4. The molecule has 0 radical (unpaired) electrons. The van der Waals surface area contributed by atoms with Crippen molar-refractivity contribution >= 4 is 12.2 Å². The van der Waals surface area contributed by atoms with E-state index in [9.17, 15) is 0 Å². The van der Waals surface area contributed by atoms with Gasteiger partial charge in [0, 0.05) is 0 Å². The SMILES string of the molecule is CC1=Cc2c(-c3ccco3)cccc2[CH]1[Zr+2][CH]1C(C)=Cc2c(-c3ccco3)cccc21.[Cl-].[Cl-]. The molecule has 2 aliphatic rings. The molecule has 0 bridgehead atoms. The van der Waals surface area contributed by atoms with Gasteiger partial charge in [0.05, 0.1) is 0 Å². The van der Waals surface area contributed by atoms with Gasteiger partial charge in [0.25, 0.3) is 0 Å². The molecule has 0 fully saturated rings. The minimum absolute atomic E-state index is 0. The maximum atomic E-state index is 5.73. The zero-order chi connectivity index (χ0) is 20.9. The standard InChI is InChI=1S/2C14H11O.2ClH.Zr/c2*1-10-8-11-4-2-5-12(13(11)9-10)14-6-3-7-15-14;;;/h2*2-9H,1H3;2*1H;/q;;;;+2/p-2. The fraction of sp³-hybridized carbons (Fsp3) is 0.143. The van der Waals surface area contributed by atoms with Crippen LogP contribution in [0.2, 0.25) is 0 Å². The molecule has 2 aliphatic carbocycles. The molecular weight excluding hydrogens is 530 g/mol. The first-order chi connectivity index (χ1) is 15.2. The van der Waals surface area contributed by atoms with E-state index in [1.165, 1.54) is 44.5 Å². The molecular formula is C28H22Cl2O2Zr. The fourth-order valence-electron chi connectivity index (χ4n) is 5.01. The summed E-state index contributed by atoms with van der Waals surface area (Å²) in [5.74, 6) is 1.91. The molecule has 0 saturated carbocycles. The summed E-state index contributed by atoms with van der Waals surface area (Å²) in [7, 11) is 0. The number of fused-ring (bicyclic) bond motifs is 2. The average Bonchev–Trinajstić information content (AvgIpc) is 3.56. The molecule has 4 aromatic rings. The Hall–Kier alpha value is -2.06. The molecule has 5 heteroatoms.